The summed E-state index contributed by atoms with van der Waals surface area (Å²) in [5.74, 6) is 0.539. The van der Waals surface area contributed by atoms with Crippen LogP contribution in [0, 0.1) is 7.40 Å². The van der Waals surface area contributed by atoms with Crippen molar-refractivity contribution in [1.29, 1.82) is 0 Å². The van der Waals surface area contributed by atoms with Crippen LogP contribution in [0.4, 0.5) is 0 Å². The maximum atomic E-state index is 6.07. The lowest BCUT2D eigenvalue weighted by Crippen LogP contribution is -1.99. The van der Waals surface area contributed by atoms with Crippen molar-refractivity contribution in [3.63, 3.8) is 0 Å². The molecule has 10 heteroatoms. The zero-order chi connectivity index (χ0) is 15.1. The smallest absolute Gasteiger partial charge is 0.210 e. The molecule has 0 atom stereocenters. The summed E-state index contributed by atoms with van der Waals surface area (Å²) in [4.78, 5) is 1.41. The molecule has 0 amide bonds. The Morgan fingerprint density at radius 1 is 1.10 bits per heavy atom. The van der Waals surface area contributed by atoms with Crippen molar-refractivity contribution in [2.75, 3.05) is 0 Å². The number of aryl methyl sites for hydroxylation is 1. The molecule has 0 bridgehead atoms. The molecule has 0 saturated carbocycles. The number of tetrazole rings is 1. The highest BCUT2D eigenvalue weighted by Gasteiger charge is 2.21. The number of benzene rings is 1. The SMILES string of the molecule is Cn1nnc(-c2c(I)nn(-c3ccc(Cl)c(Cl)c3)c2I)n1. The summed E-state index contributed by atoms with van der Waals surface area (Å²) in [6.07, 6.45) is 0. The van der Waals surface area contributed by atoms with E-state index in [1.54, 1.807) is 23.9 Å². The highest BCUT2D eigenvalue weighted by Crippen LogP contribution is 2.31. The second-order valence-electron chi connectivity index (χ2n) is 4.07. The molecule has 0 unspecified atom stereocenters. The van der Waals surface area contributed by atoms with Gasteiger partial charge in [0.2, 0.25) is 5.82 Å². The van der Waals surface area contributed by atoms with Crippen LogP contribution in [-0.4, -0.2) is 30.0 Å². The van der Waals surface area contributed by atoms with Crippen LogP contribution in [0.2, 0.25) is 10.0 Å². The fourth-order valence-corrected chi connectivity index (χ4v) is 4.13. The fourth-order valence-electron chi connectivity index (χ4n) is 1.73. The van der Waals surface area contributed by atoms with Crippen molar-refractivity contribution in [1.82, 2.24) is 30.0 Å². The van der Waals surface area contributed by atoms with Gasteiger partial charge in [-0.3, -0.25) is 0 Å². The van der Waals surface area contributed by atoms with E-state index in [2.05, 4.69) is 65.7 Å². The van der Waals surface area contributed by atoms with E-state index in [0.29, 0.717) is 15.9 Å². The molecule has 0 spiro atoms. The Morgan fingerprint density at radius 3 is 2.48 bits per heavy atom. The van der Waals surface area contributed by atoms with Crippen LogP contribution < -0.4 is 0 Å². The third kappa shape index (κ3) is 2.90. The Kier molecular flexibility index (Phi) is 4.39. The molecule has 0 fully saturated rings. The van der Waals surface area contributed by atoms with Crippen LogP contribution in [0.5, 0.6) is 0 Å². The minimum absolute atomic E-state index is 0.481. The zero-order valence-electron chi connectivity index (χ0n) is 10.4. The van der Waals surface area contributed by atoms with E-state index in [0.717, 1.165) is 18.7 Å². The van der Waals surface area contributed by atoms with Gasteiger partial charge < -0.3 is 0 Å². The predicted octanol–water partition coefficient (Wildman–Crippen LogP) is 3.58. The average Bonchev–Trinajstić information content (AvgIpc) is 2.97. The van der Waals surface area contributed by atoms with Gasteiger partial charge in [0.05, 0.1) is 28.3 Å². The highest BCUT2D eigenvalue weighted by atomic mass is 127. The number of rotatable bonds is 2. The number of aromatic nitrogens is 6. The predicted molar refractivity (Wildman–Crippen MR) is 96.8 cm³/mol. The van der Waals surface area contributed by atoms with Gasteiger partial charge in [0.15, 0.2) is 0 Å². The molecular weight excluding hydrogens is 541 g/mol. The molecule has 0 N–H and O–H groups in total. The van der Waals surface area contributed by atoms with E-state index in [1.807, 2.05) is 6.07 Å². The first-order valence-electron chi connectivity index (χ1n) is 5.61. The van der Waals surface area contributed by atoms with Crippen molar-refractivity contribution in [2.24, 2.45) is 7.05 Å². The van der Waals surface area contributed by atoms with Crippen molar-refractivity contribution >= 4 is 68.4 Å². The Hall–Kier alpha value is -0.460. The van der Waals surface area contributed by atoms with Gasteiger partial charge in [-0.25, -0.2) is 4.68 Å². The lowest BCUT2D eigenvalue weighted by molar-refractivity contribution is 0.630. The third-order valence-corrected chi connectivity index (χ3v) is 5.16. The lowest BCUT2D eigenvalue weighted by atomic mass is 10.3. The van der Waals surface area contributed by atoms with Gasteiger partial charge in [-0.1, -0.05) is 23.2 Å². The standard InChI is InChI=1S/C11H6Cl2I2N6/c1-20-18-11(16-19-20)8-9(14)17-21(10(8)15)5-2-3-6(12)7(13)4-5/h2-4H,1H3. The molecule has 0 saturated heterocycles. The Labute approximate surface area is 157 Å². The summed E-state index contributed by atoms with van der Waals surface area (Å²) in [7, 11) is 1.72. The molecule has 0 radical (unpaired) electrons. The van der Waals surface area contributed by atoms with Gasteiger partial charge in [-0.15, -0.1) is 10.2 Å². The van der Waals surface area contributed by atoms with Gasteiger partial charge >= 0.3 is 0 Å². The van der Waals surface area contributed by atoms with Crippen molar-refractivity contribution in [3.05, 3.63) is 35.6 Å². The van der Waals surface area contributed by atoms with Gasteiger partial charge in [0, 0.05) is 0 Å². The molecule has 1 aromatic carbocycles. The molecule has 3 rings (SSSR count). The number of halogens is 4. The maximum Gasteiger partial charge on any atom is 0.210 e. The molecule has 0 aliphatic carbocycles. The molecule has 2 aromatic heterocycles. The van der Waals surface area contributed by atoms with Crippen molar-refractivity contribution in [3.8, 4) is 17.1 Å². The van der Waals surface area contributed by atoms with Crippen LogP contribution in [0.15, 0.2) is 18.2 Å². The number of hydrogen-bond acceptors (Lipinski definition) is 4. The van der Waals surface area contributed by atoms with Gasteiger partial charge in [-0.2, -0.15) is 9.90 Å². The Balaban J connectivity index is 2.15. The summed E-state index contributed by atoms with van der Waals surface area (Å²) < 4.78 is 3.44. The highest BCUT2D eigenvalue weighted by molar-refractivity contribution is 14.1. The van der Waals surface area contributed by atoms with Gasteiger partial charge in [-0.05, 0) is 68.6 Å². The first-order valence-corrected chi connectivity index (χ1v) is 8.52. The molecular formula is C11H6Cl2I2N6. The summed E-state index contributed by atoms with van der Waals surface area (Å²) in [6, 6.07) is 5.36. The summed E-state index contributed by atoms with van der Waals surface area (Å²) in [5.41, 5.74) is 1.66. The average molecular weight is 547 g/mol. The van der Waals surface area contributed by atoms with Crippen molar-refractivity contribution < 1.29 is 0 Å². The Morgan fingerprint density at radius 2 is 1.86 bits per heavy atom. The minimum Gasteiger partial charge on any atom is -0.226 e. The fraction of sp³-hybridized carbons (Fsp3) is 0.0909. The minimum atomic E-state index is 0.481. The van der Waals surface area contributed by atoms with Gasteiger partial charge in [0.1, 0.15) is 7.40 Å². The summed E-state index contributed by atoms with van der Waals surface area (Å²) in [6.45, 7) is 0. The normalized spacial score (nSPS) is 11.1. The lowest BCUT2D eigenvalue weighted by Gasteiger charge is -2.04. The monoisotopic (exact) mass is 546 g/mol. The zero-order valence-corrected chi connectivity index (χ0v) is 16.3. The molecule has 0 aliphatic rings. The number of hydrogen-bond donors (Lipinski definition) is 0. The van der Waals surface area contributed by atoms with E-state index >= 15 is 0 Å². The van der Waals surface area contributed by atoms with Gasteiger partial charge in [0.25, 0.3) is 0 Å². The third-order valence-electron chi connectivity index (χ3n) is 2.67. The second kappa shape index (κ2) is 5.97. The molecule has 108 valence electrons. The van der Waals surface area contributed by atoms with E-state index in [4.69, 9.17) is 23.2 Å². The first-order chi connectivity index (χ1) is 9.97. The maximum absolute atomic E-state index is 6.07. The number of nitrogens with zero attached hydrogens (tertiary/aromatic N) is 6. The summed E-state index contributed by atoms with van der Waals surface area (Å²) in [5, 5.41) is 17.6. The van der Waals surface area contributed by atoms with Crippen LogP contribution in [0.3, 0.4) is 0 Å². The molecule has 21 heavy (non-hydrogen) atoms. The van der Waals surface area contributed by atoms with Crippen molar-refractivity contribution in [2.45, 2.75) is 0 Å². The molecule has 2 heterocycles. The Bertz CT molecular complexity index is 828. The van der Waals surface area contributed by atoms with E-state index < -0.39 is 0 Å². The second-order valence-corrected chi connectivity index (χ2v) is 6.93. The van der Waals surface area contributed by atoms with Crippen LogP contribution in [0.25, 0.3) is 17.1 Å². The van der Waals surface area contributed by atoms with Crippen LogP contribution >= 0.6 is 68.4 Å². The quantitative estimate of drug-likeness (QED) is 0.461. The van der Waals surface area contributed by atoms with E-state index in [1.165, 1.54) is 4.80 Å². The van der Waals surface area contributed by atoms with Crippen LogP contribution in [0.1, 0.15) is 0 Å². The first kappa shape index (κ1) is 15.4. The van der Waals surface area contributed by atoms with E-state index in [9.17, 15) is 0 Å². The molecule has 6 nitrogen and oxygen atoms in total. The molecule has 3 aromatic rings. The largest absolute Gasteiger partial charge is 0.226 e. The topological polar surface area (TPSA) is 61.4 Å². The molecule has 0 aliphatic heterocycles. The van der Waals surface area contributed by atoms with Crippen LogP contribution in [-0.2, 0) is 7.05 Å². The summed E-state index contributed by atoms with van der Waals surface area (Å²) >= 11 is 16.4. The van der Waals surface area contributed by atoms with E-state index in [-0.39, 0.29) is 0 Å².